The molecular weight excluding hydrogens is 390 g/mol. The molecule has 0 spiro atoms. The molecule has 1 unspecified atom stereocenters. The van der Waals surface area contributed by atoms with Gasteiger partial charge in [-0.1, -0.05) is 18.2 Å². The quantitative estimate of drug-likeness (QED) is 0.510. The van der Waals surface area contributed by atoms with Crippen LogP contribution < -0.4 is 15.5 Å². The number of ether oxygens (including phenoxy) is 1. The minimum atomic E-state index is -0.820. The number of hydrogen-bond acceptors (Lipinski definition) is 6. The topological polar surface area (TPSA) is 85.4 Å². The van der Waals surface area contributed by atoms with Gasteiger partial charge in [-0.05, 0) is 47.0 Å². The zero-order valence-corrected chi connectivity index (χ0v) is 17.6. The van der Waals surface area contributed by atoms with Crippen molar-refractivity contribution in [2.24, 2.45) is 0 Å². The molecule has 1 saturated heterocycles. The SMILES string of the molecule is COCc1cccc(C2=CNC(O)C(c3nc4ccc(N5CCNCC5)cc4[nH]3)=C2)c1. The molecule has 1 atom stereocenters. The largest absolute Gasteiger partial charge is 0.380 e. The predicted molar refractivity (Wildman–Crippen MR) is 123 cm³/mol. The first kappa shape index (κ1) is 19.8. The highest BCUT2D eigenvalue weighted by Gasteiger charge is 2.21. The van der Waals surface area contributed by atoms with E-state index in [1.807, 2.05) is 30.5 Å². The van der Waals surface area contributed by atoms with E-state index in [-0.39, 0.29) is 0 Å². The summed E-state index contributed by atoms with van der Waals surface area (Å²) in [5.41, 5.74) is 6.91. The lowest BCUT2D eigenvalue weighted by molar-refractivity contribution is 0.185. The zero-order valence-electron chi connectivity index (χ0n) is 17.6. The average molecular weight is 418 g/mol. The van der Waals surface area contributed by atoms with Crippen LogP contribution in [0.3, 0.4) is 0 Å². The van der Waals surface area contributed by atoms with Crippen LogP contribution in [0.15, 0.2) is 54.7 Å². The van der Waals surface area contributed by atoms with Gasteiger partial charge in [-0.3, -0.25) is 0 Å². The second-order valence-corrected chi connectivity index (χ2v) is 7.93. The Kier molecular flexibility index (Phi) is 5.46. The maximum Gasteiger partial charge on any atom is 0.154 e. The van der Waals surface area contributed by atoms with Gasteiger partial charge in [-0.25, -0.2) is 4.98 Å². The number of aliphatic hydroxyl groups excluding tert-OH is 1. The number of hydrogen-bond donors (Lipinski definition) is 4. The fourth-order valence-electron chi connectivity index (χ4n) is 4.17. The van der Waals surface area contributed by atoms with E-state index >= 15 is 0 Å². The molecule has 160 valence electrons. The Morgan fingerprint density at radius 1 is 1.16 bits per heavy atom. The first-order chi connectivity index (χ1) is 15.2. The third kappa shape index (κ3) is 4.07. The minimum absolute atomic E-state index is 0.562. The van der Waals surface area contributed by atoms with Crippen molar-refractivity contribution in [3.05, 3.63) is 71.7 Å². The Morgan fingerprint density at radius 3 is 2.87 bits per heavy atom. The Morgan fingerprint density at radius 2 is 2.03 bits per heavy atom. The number of nitrogens with one attached hydrogen (secondary N) is 3. The van der Waals surface area contributed by atoms with Gasteiger partial charge >= 0.3 is 0 Å². The van der Waals surface area contributed by atoms with Crippen LogP contribution in [0.1, 0.15) is 17.0 Å². The molecule has 4 N–H and O–H groups in total. The Labute approximate surface area is 181 Å². The summed E-state index contributed by atoms with van der Waals surface area (Å²) in [5.74, 6) is 0.672. The van der Waals surface area contributed by atoms with Crippen molar-refractivity contribution in [2.75, 3.05) is 38.2 Å². The predicted octanol–water partition coefficient (Wildman–Crippen LogP) is 2.46. The summed E-state index contributed by atoms with van der Waals surface area (Å²) in [7, 11) is 1.69. The molecule has 2 aliphatic heterocycles. The second-order valence-electron chi connectivity index (χ2n) is 7.93. The molecule has 3 aromatic rings. The number of rotatable bonds is 5. The number of allylic oxidation sites excluding steroid dienone is 2. The van der Waals surface area contributed by atoms with E-state index in [1.54, 1.807) is 7.11 Å². The number of H-pyrrole nitrogens is 1. The fourth-order valence-corrected chi connectivity index (χ4v) is 4.17. The number of nitrogens with zero attached hydrogens (tertiary/aromatic N) is 2. The Bertz CT molecular complexity index is 1140. The van der Waals surface area contributed by atoms with Crippen LogP contribution in [0, 0.1) is 0 Å². The number of aromatic nitrogens is 2. The van der Waals surface area contributed by atoms with Gasteiger partial charge in [0, 0.05) is 50.7 Å². The number of benzene rings is 2. The minimum Gasteiger partial charge on any atom is -0.380 e. The molecule has 0 saturated carbocycles. The summed E-state index contributed by atoms with van der Waals surface area (Å²) in [5, 5.41) is 17.0. The van der Waals surface area contributed by atoms with Crippen LogP contribution in [-0.2, 0) is 11.3 Å². The first-order valence-electron chi connectivity index (χ1n) is 10.6. The third-order valence-corrected chi connectivity index (χ3v) is 5.79. The normalized spacial score (nSPS) is 19.2. The molecule has 0 bridgehead atoms. The molecule has 2 aromatic carbocycles. The molecule has 7 nitrogen and oxygen atoms in total. The highest BCUT2D eigenvalue weighted by Crippen LogP contribution is 2.29. The van der Waals surface area contributed by atoms with E-state index in [9.17, 15) is 5.11 Å². The van der Waals surface area contributed by atoms with E-state index in [0.717, 1.165) is 59.5 Å². The van der Waals surface area contributed by atoms with Crippen LogP contribution >= 0.6 is 0 Å². The summed E-state index contributed by atoms with van der Waals surface area (Å²) < 4.78 is 5.25. The van der Waals surface area contributed by atoms with E-state index < -0.39 is 6.23 Å². The van der Waals surface area contributed by atoms with Gasteiger partial charge < -0.3 is 30.4 Å². The molecule has 0 amide bonds. The van der Waals surface area contributed by atoms with Crippen molar-refractivity contribution in [1.82, 2.24) is 20.6 Å². The van der Waals surface area contributed by atoms with Crippen molar-refractivity contribution in [3.8, 4) is 0 Å². The van der Waals surface area contributed by atoms with Gasteiger partial charge in [0.1, 0.15) is 5.82 Å². The number of anilines is 1. The Balaban J connectivity index is 1.46. The molecule has 1 fully saturated rings. The van der Waals surface area contributed by atoms with E-state index in [2.05, 4.69) is 44.8 Å². The smallest absolute Gasteiger partial charge is 0.154 e. The molecule has 1 aromatic heterocycles. The van der Waals surface area contributed by atoms with Crippen LogP contribution in [-0.4, -0.2) is 54.6 Å². The zero-order chi connectivity index (χ0) is 21.2. The molecule has 0 aliphatic carbocycles. The molecule has 7 heteroatoms. The van der Waals surface area contributed by atoms with Gasteiger partial charge in [-0.15, -0.1) is 0 Å². The van der Waals surface area contributed by atoms with Gasteiger partial charge in [0.05, 0.1) is 17.6 Å². The summed E-state index contributed by atoms with van der Waals surface area (Å²) in [6.45, 7) is 4.55. The van der Waals surface area contributed by atoms with Crippen molar-refractivity contribution >= 4 is 27.9 Å². The summed E-state index contributed by atoms with van der Waals surface area (Å²) in [6, 6.07) is 14.5. The molecule has 2 aliphatic rings. The summed E-state index contributed by atoms with van der Waals surface area (Å²) in [6.07, 6.45) is 3.01. The lowest BCUT2D eigenvalue weighted by Gasteiger charge is -2.29. The number of fused-ring (bicyclic) bond motifs is 1. The summed E-state index contributed by atoms with van der Waals surface area (Å²) in [4.78, 5) is 10.5. The molecular formula is C24H27N5O2. The average Bonchev–Trinajstić information content (AvgIpc) is 3.23. The van der Waals surface area contributed by atoms with Gasteiger partial charge in [0.2, 0.25) is 0 Å². The van der Waals surface area contributed by atoms with E-state index in [1.165, 1.54) is 5.69 Å². The maximum absolute atomic E-state index is 10.6. The lowest BCUT2D eigenvalue weighted by Crippen LogP contribution is -2.43. The van der Waals surface area contributed by atoms with Gasteiger partial charge in [-0.2, -0.15) is 0 Å². The van der Waals surface area contributed by atoms with Crippen molar-refractivity contribution in [1.29, 1.82) is 0 Å². The highest BCUT2D eigenvalue weighted by atomic mass is 16.5. The third-order valence-electron chi connectivity index (χ3n) is 5.79. The second kappa shape index (κ2) is 8.55. The molecule has 5 rings (SSSR count). The molecule has 0 radical (unpaired) electrons. The van der Waals surface area contributed by atoms with Crippen LogP contribution in [0.2, 0.25) is 0 Å². The fraction of sp³-hybridized carbons (Fsp3) is 0.292. The highest BCUT2D eigenvalue weighted by molar-refractivity contribution is 5.88. The lowest BCUT2D eigenvalue weighted by atomic mass is 9.99. The van der Waals surface area contributed by atoms with Gasteiger partial charge in [0.25, 0.3) is 0 Å². The number of aromatic amines is 1. The van der Waals surface area contributed by atoms with Crippen molar-refractivity contribution < 1.29 is 9.84 Å². The number of dihydropyridines is 1. The van der Waals surface area contributed by atoms with Crippen molar-refractivity contribution in [2.45, 2.75) is 12.8 Å². The molecule has 3 heterocycles. The first-order valence-corrected chi connectivity index (χ1v) is 10.6. The summed E-state index contributed by atoms with van der Waals surface area (Å²) >= 11 is 0. The Hall–Kier alpha value is -3.13. The number of piperazine rings is 1. The maximum atomic E-state index is 10.6. The number of aliphatic hydroxyl groups is 1. The van der Waals surface area contributed by atoms with Crippen LogP contribution in [0.4, 0.5) is 5.69 Å². The van der Waals surface area contributed by atoms with Crippen molar-refractivity contribution in [3.63, 3.8) is 0 Å². The van der Waals surface area contributed by atoms with Crippen LogP contribution in [0.25, 0.3) is 22.2 Å². The standard InChI is InChI=1S/C24H27N5O2/c1-31-15-16-3-2-4-17(11-16)18-12-20(24(30)26-14-18)23-27-21-6-5-19(13-22(21)28-23)29-9-7-25-8-10-29/h2-6,11-14,24-26,30H,7-10,15H2,1H3,(H,27,28). The number of imidazole rings is 1. The number of methoxy groups -OCH3 is 1. The molecule has 31 heavy (non-hydrogen) atoms. The van der Waals surface area contributed by atoms with E-state index in [4.69, 9.17) is 9.72 Å². The van der Waals surface area contributed by atoms with E-state index in [0.29, 0.717) is 12.4 Å². The monoisotopic (exact) mass is 417 g/mol. The van der Waals surface area contributed by atoms with Crippen LogP contribution in [0.5, 0.6) is 0 Å². The van der Waals surface area contributed by atoms with Gasteiger partial charge in [0.15, 0.2) is 6.23 Å².